The molecular weight excluding hydrogens is 313 g/mol. The average Bonchev–Trinajstić information content (AvgIpc) is 2.87. The van der Waals surface area contributed by atoms with Crippen LogP contribution in [-0.2, 0) is 11.0 Å². The van der Waals surface area contributed by atoms with Crippen molar-refractivity contribution in [2.75, 3.05) is 19.6 Å². The van der Waals surface area contributed by atoms with Crippen molar-refractivity contribution in [2.24, 2.45) is 0 Å². The summed E-state index contributed by atoms with van der Waals surface area (Å²) in [5.41, 5.74) is -1.45. The van der Waals surface area contributed by atoms with Gasteiger partial charge in [-0.3, -0.25) is 14.9 Å². The van der Waals surface area contributed by atoms with Gasteiger partial charge in [-0.15, -0.1) is 0 Å². The maximum Gasteiger partial charge on any atom is 0.416 e. The van der Waals surface area contributed by atoms with Crippen LogP contribution in [0.15, 0.2) is 24.3 Å². The van der Waals surface area contributed by atoms with E-state index in [0.29, 0.717) is 13.0 Å². The standard InChI is InChI=1S/C15H17F3N2O3/c1-14(19-8-12(21)22)5-6-20(9-14)13(23)10-3-2-4-11(7-10)15(16,17)18/h2-4,7,19H,5-6,8-9H2,1H3,(H,21,22)/t14-/m0/s1. The van der Waals surface area contributed by atoms with Gasteiger partial charge >= 0.3 is 12.1 Å². The van der Waals surface area contributed by atoms with Gasteiger partial charge in [-0.25, -0.2) is 0 Å². The molecule has 1 aromatic rings. The Morgan fingerprint density at radius 2 is 2.09 bits per heavy atom. The van der Waals surface area contributed by atoms with Crippen LogP contribution < -0.4 is 5.32 Å². The molecule has 1 aliphatic heterocycles. The SMILES string of the molecule is C[C@]1(NCC(=O)O)CCN(C(=O)c2cccc(C(F)(F)F)c2)C1. The predicted octanol–water partition coefficient (Wildman–Crippen LogP) is 1.98. The van der Waals surface area contributed by atoms with Crippen LogP contribution in [0, 0.1) is 0 Å². The number of alkyl halides is 3. The first-order chi connectivity index (χ1) is 10.6. The molecule has 0 aromatic heterocycles. The van der Waals surface area contributed by atoms with Gasteiger partial charge in [-0.2, -0.15) is 13.2 Å². The monoisotopic (exact) mass is 330 g/mol. The number of carboxylic acid groups (broad SMARTS) is 1. The van der Waals surface area contributed by atoms with E-state index in [-0.39, 0.29) is 18.7 Å². The lowest BCUT2D eigenvalue weighted by Gasteiger charge is -2.25. The van der Waals surface area contributed by atoms with Crippen molar-refractivity contribution >= 4 is 11.9 Å². The van der Waals surface area contributed by atoms with Gasteiger partial charge < -0.3 is 10.0 Å². The summed E-state index contributed by atoms with van der Waals surface area (Å²) in [6, 6.07) is 4.30. The van der Waals surface area contributed by atoms with E-state index in [1.807, 2.05) is 0 Å². The largest absolute Gasteiger partial charge is 0.480 e. The van der Waals surface area contributed by atoms with E-state index in [4.69, 9.17) is 5.11 Å². The Hall–Kier alpha value is -2.09. The Bertz CT molecular complexity index is 618. The molecule has 0 radical (unpaired) electrons. The molecule has 0 bridgehead atoms. The summed E-state index contributed by atoms with van der Waals surface area (Å²) in [4.78, 5) is 24.4. The summed E-state index contributed by atoms with van der Waals surface area (Å²) in [6.45, 7) is 2.16. The summed E-state index contributed by atoms with van der Waals surface area (Å²) >= 11 is 0. The second kappa shape index (κ2) is 6.19. The highest BCUT2D eigenvalue weighted by atomic mass is 19.4. The van der Waals surface area contributed by atoms with Crippen molar-refractivity contribution < 1.29 is 27.9 Å². The molecule has 1 aliphatic rings. The number of carbonyl (C=O) groups is 2. The predicted molar refractivity (Wildman–Crippen MR) is 76.0 cm³/mol. The van der Waals surface area contributed by atoms with E-state index in [1.165, 1.54) is 17.0 Å². The van der Waals surface area contributed by atoms with Crippen LogP contribution in [0.4, 0.5) is 13.2 Å². The van der Waals surface area contributed by atoms with E-state index in [9.17, 15) is 22.8 Å². The van der Waals surface area contributed by atoms with Gasteiger partial charge in [-0.1, -0.05) is 6.07 Å². The normalized spacial score (nSPS) is 21.5. The van der Waals surface area contributed by atoms with E-state index < -0.39 is 29.2 Å². The molecule has 23 heavy (non-hydrogen) atoms. The van der Waals surface area contributed by atoms with Crippen molar-refractivity contribution in [2.45, 2.75) is 25.1 Å². The lowest BCUT2D eigenvalue weighted by atomic mass is 10.0. The van der Waals surface area contributed by atoms with Gasteiger partial charge in [0.25, 0.3) is 5.91 Å². The molecule has 1 saturated heterocycles. The zero-order valence-corrected chi connectivity index (χ0v) is 12.5. The first kappa shape index (κ1) is 17.3. The number of hydrogen-bond donors (Lipinski definition) is 2. The van der Waals surface area contributed by atoms with Gasteiger partial charge in [-0.05, 0) is 31.5 Å². The summed E-state index contributed by atoms with van der Waals surface area (Å²) in [7, 11) is 0. The number of benzene rings is 1. The minimum absolute atomic E-state index is 0.0256. The lowest BCUT2D eigenvalue weighted by Crippen LogP contribution is -2.47. The van der Waals surface area contributed by atoms with Crippen LogP contribution in [0.5, 0.6) is 0 Å². The quantitative estimate of drug-likeness (QED) is 0.886. The van der Waals surface area contributed by atoms with Gasteiger partial charge in [0.15, 0.2) is 0 Å². The second-order valence-corrected chi connectivity index (χ2v) is 5.86. The number of carboxylic acids is 1. The molecular formula is C15H17F3N2O3. The Morgan fingerprint density at radius 3 is 2.70 bits per heavy atom. The average molecular weight is 330 g/mol. The van der Waals surface area contributed by atoms with Crippen LogP contribution in [0.1, 0.15) is 29.3 Å². The van der Waals surface area contributed by atoms with Crippen LogP contribution in [-0.4, -0.2) is 47.1 Å². The van der Waals surface area contributed by atoms with Gasteiger partial charge in [0.05, 0.1) is 12.1 Å². The molecule has 1 atom stereocenters. The Labute approximate surface area is 131 Å². The maximum absolute atomic E-state index is 12.7. The topological polar surface area (TPSA) is 69.6 Å². The summed E-state index contributed by atoms with van der Waals surface area (Å²) in [6.07, 6.45) is -3.97. The molecule has 1 aromatic carbocycles. The number of nitrogens with zero attached hydrogens (tertiary/aromatic N) is 1. The minimum atomic E-state index is -4.50. The summed E-state index contributed by atoms with van der Waals surface area (Å²) in [5, 5.41) is 11.6. The molecule has 8 heteroatoms. The molecule has 0 unspecified atom stereocenters. The number of nitrogens with one attached hydrogen (secondary N) is 1. The van der Waals surface area contributed by atoms with Crippen molar-refractivity contribution in [3.05, 3.63) is 35.4 Å². The fourth-order valence-electron chi connectivity index (χ4n) is 2.58. The van der Waals surface area contributed by atoms with Gasteiger partial charge in [0, 0.05) is 24.2 Å². The molecule has 1 amide bonds. The number of carbonyl (C=O) groups excluding carboxylic acids is 1. The summed E-state index contributed by atoms with van der Waals surface area (Å²) in [5.74, 6) is -1.49. The number of hydrogen-bond acceptors (Lipinski definition) is 3. The highest BCUT2D eigenvalue weighted by Gasteiger charge is 2.37. The van der Waals surface area contributed by atoms with E-state index in [2.05, 4.69) is 5.32 Å². The van der Waals surface area contributed by atoms with Crippen molar-refractivity contribution in [3.63, 3.8) is 0 Å². The summed E-state index contributed by atoms with van der Waals surface area (Å²) < 4.78 is 38.2. The van der Waals surface area contributed by atoms with Crippen molar-refractivity contribution in [3.8, 4) is 0 Å². The highest BCUT2D eigenvalue weighted by molar-refractivity contribution is 5.94. The zero-order valence-electron chi connectivity index (χ0n) is 12.5. The third-order valence-corrected chi connectivity index (χ3v) is 3.86. The van der Waals surface area contributed by atoms with Crippen LogP contribution >= 0.6 is 0 Å². The molecule has 126 valence electrons. The van der Waals surface area contributed by atoms with E-state index >= 15 is 0 Å². The van der Waals surface area contributed by atoms with E-state index in [1.54, 1.807) is 6.92 Å². The molecule has 0 spiro atoms. The fraction of sp³-hybridized carbons (Fsp3) is 0.467. The number of rotatable bonds is 4. The maximum atomic E-state index is 12.7. The Kier molecular flexibility index (Phi) is 4.65. The van der Waals surface area contributed by atoms with Crippen molar-refractivity contribution in [1.82, 2.24) is 10.2 Å². The number of likely N-dealkylation sites (tertiary alicyclic amines) is 1. The highest BCUT2D eigenvalue weighted by Crippen LogP contribution is 2.30. The lowest BCUT2D eigenvalue weighted by molar-refractivity contribution is -0.138. The van der Waals surface area contributed by atoms with Crippen LogP contribution in [0.2, 0.25) is 0 Å². The molecule has 2 rings (SSSR count). The van der Waals surface area contributed by atoms with Crippen LogP contribution in [0.25, 0.3) is 0 Å². The van der Waals surface area contributed by atoms with Crippen molar-refractivity contribution in [1.29, 1.82) is 0 Å². The number of amides is 1. The molecule has 1 fully saturated rings. The van der Waals surface area contributed by atoms with E-state index in [0.717, 1.165) is 12.1 Å². The number of halogens is 3. The van der Waals surface area contributed by atoms with Gasteiger partial charge in [0.1, 0.15) is 0 Å². The third-order valence-electron chi connectivity index (χ3n) is 3.86. The third kappa shape index (κ3) is 4.22. The molecule has 5 nitrogen and oxygen atoms in total. The molecule has 0 aliphatic carbocycles. The fourth-order valence-corrected chi connectivity index (χ4v) is 2.58. The number of aliphatic carboxylic acids is 1. The Morgan fingerprint density at radius 1 is 1.39 bits per heavy atom. The van der Waals surface area contributed by atoms with Gasteiger partial charge in [0.2, 0.25) is 0 Å². The molecule has 0 saturated carbocycles. The molecule has 1 heterocycles. The minimum Gasteiger partial charge on any atom is -0.480 e. The van der Waals surface area contributed by atoms with Crippen LogP contribution in [0.3, 0.4) is 0 Å². The smallest absolute Gasteiger partial charge is 0.416 e. The molecule has 2 N–H and O–H groups in total. The first-order valence-electron chi connectivity index (χ1n) is 7.04. The Balaban J connectivity index is 2.09. The first-order valence-corrected chi connectivity index (χ1v) is 7.04. The zero-order chi connectivity index (χ0) is 17.3. The second-order valence-electron chi connectivity index (χ2n) is 5.86.